The van der Waals surface area contributed by atoms with Crippen molar-refractivity contribution in [3.63, 3.8) is 0 Å². The molecule has 0 unspecified atom stereocenters. The van der Waals surface area contributed by atoms with Crippen molar-refractivity contribution >= 4 is 20.9 Å². The molecule has 0 bridgehead atoms. The maximum absolute atomic E-state index is 13.3. The van der Waals surface area contributed by atoms with Gasteiger partial charge in [-0.05, 0) is 49.9 Å². The molecule has 0 aliphatic heterocycles. The predicted octanol–water partition coefficient (Wildman–Crippen LogP) is 3.32. The van der Waals surface area contributed by atoms with Crippen LogP contribution in [-0.2, 0) is 22.6 Å². The number of halogens is 3. The summed E-state index contributed by atoms with van der Waals surface area (Å²) in [5, 5.41) is 5.39. The van der Waals surface area contributed by atoms with Crippen LogP contribution in [0.5, 0.6) is 0 Å². The zero-order chi connectivity index (χ0) is 22.1. The van der Waals surface area contributed by atoms with Crippen LogP contribution in [0.3, 0.4) is 0 Å². The van der Waals surface area contributed by atoms with Crippen LogP contribution in [0.4, 0.5) is 13.2 Å². The van der Waals surface area contributed by atoms with E-state index in [9.17, 15) is 26.4 Å². The first-order valence-electron chi connectivity index (χ1n) is 9.17. The number of primary sulfonamides is 1. The minimum absolute atomic E-state index is 0.0978. The quantitative estimate of drug-likeness (QED) is 0.596. The van der Waals surface area contributed by atoms with E-state index >= 15 is 0 Å². The lowest BCUT2D eigenvalue weighted by Crippen LogP contribution is -2.25. The molecule has 3 aromatic rings. The molecule has 2 N–H and O–H groups in total. The minimum atomic E-state index is -4.57. The summed E-state index contributed by atoms with van der Waals surface area (Å²) in [5.41, 5.74) is 0.00495. The van der Waals surface area contributed by atoms with Gasteiger partial charge in [-0.25, -0.2) is 18.4 Å². The van der Waals surface area contributed by atoms with E-state index in [4.69, 9.17) is 5.14 Å². The molecule has 0 amide bonds. The molecule has 6 nitrogen and oxygen atoms in total. The van der Waals surface area contributed by atoms with Gasteiger partial charge in [-0.1, -0.05) is 24.3 Å². The van der Waals surface area contributed by atoms with Crippen molar-refractivity contribution in [2.75, 3.05) is 5.75 Å². The summed E-state index contributed by atoms with van der Waals surface area (Å²) in [4.78, 5) is 16.9. The summed E-state index contributed by atoms with van der Waals surface area (Å²) >= 11 is 0. The zero-order valence-electron chi connectivity index (χ0n) is 16.1. The van der Waals surface area contributed by atoms with Gasteiger partial charge in [0.05, 0.1) is 28.2 Å². The number of hydrogen-bond acceptors (Lipinski definition) is 4. The molecule has 30 heavy (non-hydrogen) atoms. The number of benzene rings is 2. The fourth-order valence-corrected chi connectivity index (χ4v) is 3.91. The first kappa shape index (κ1) is 22.0. The third kappa shape index (κ3) is 4.88. The second-order valence-electron chi connectivity index (χ2n) is 7.02. The summed E-state index contributed by atoms with van der Waals surface area (Å²) in [5.74, 6) is -0.219. The van der Waals surface area contributed by atoms with Gasteiger partial charge in [-0.15, -0.1) is 0 Å². The van der Waals surface area contributed by atoms with Crippen LogP contribution in [0.15, 0.2) is 47.3 Å². The number of sulfonamides is 1. The number of unbranched alkanes of at least 4 members (excludes halogenated alkanes) is 1. The van der Waals surface area contributed by atoms with Crippen LogP contribution in [0.1, 0.15) is 29.7 Å². The van der Waals surface area contributed by atoms with E-state index < -0.39 is 27.5 Å². The maximum atomic E-state index is 13.3. The highest BCUT2D eigenvalue weighted by atomic mass is 32.2. The van der Waals surface area contributed by atoms with E-state index in [1.807, 2.05) is 0 Å². The highest BCUT2D eigenvalue weighted by molar-refractivity contribution is 7.89. The van der Waals surface area contributed by atoms with Gasteiger partial charge in [0.15, 0.2) is 0 Å². The number of aryl methyl sites for hydroxylation is 2. The lowest BCUT2D eigenvalue weighted by Gasteiger charge is -2.16. The van der Waals surface area contributed by atoms with Crippen LogP contribution in [0.2, 0.25) is 0 Å². The minimum Gasteiger partial charge on any atom is -0.260 e. The van der Waals surface area contributed by atoms with E-state index in [1.54, 1.807) is 31.2 Å². The van der Waals surface area contributed by atoms with E-state index in [1.165, 1.54) is 10.6 Å². The summed E-state index contributed by atoms with van der Waals surface area (Å²) in [6.45, 7) is 1.75. The molecule has 0 spiro atoms. The van der Waals surface area contributed by atoms with Gasteiger partial charge >= 0.3 is 11.9 Å². The topological polar surface area (TPSA) is 95.0 Å². The average Bonchev–Trinajstić information content (AvgIpc) is 2.64. The predicted molar refractivity (Wildman–Crippen MR) is 108 cm³/mol. The average molecular weight is 439 g/mol. The summed E-state index contributed by atoms with van der Waals surface area (Å²) in [6.07, 6.45) is -3.71. The van der Waals surface area contributed by atoms with E-state index in [-0.39, 0.29) is 24.1 Å². The number of fused-ring (bicyclic) bond motifs is 1. The lowest BCUT2D eigenvalue weighted by atomic mass is 10.1. The maximum Gasteiger partial charge on any atom is 0.416 e. The first-order valence-corrected chi connectivity index (χ1v) is 10.9. The Labute approximate surface area is 171 Å². The Balaban J connectivity index is 2.16. The van der Waals surface area contributed by atoms with Gasteiger partial charge in [0, 0.05) is 5.39 Å². The Kier molecular flexibility index (Phi) is 6.00. The number of rotatable bonds is 6. The SMILES string of the molecule is Cc1ccccc1-n1c(=O)nc(CCCCS(N)(=O)=O)c2ccc(C(F)(F)F)cc21. The largest absolute Gasteiger partial charge is 0.416 e. The fraction of sp³-hybridized carbons (Fsp3) is 0.300. The van der Waals surface area contributed by atoms with Gasteiger partial charge in [0.25, 0.3) is 0 Å². The Morgan fingerprint density at radius 2 is 1.80 bits per heavy atom. The lowest BCUT2D eigenvalue weighted by molar-refractivity contribution is -0.137. The van der Waals surface area contributed by atoms with Crippen molar-refractivity contribution in [2.24, 2.45) is 5.14 Å². The molecular formula is C20H20F3N3O3S. The summed E-state index contributed by atoms with van der Waals surface area (Å²) < 4.78 is 63.3. The van der Waals surface area contributed by atoms with Gasteiger partial charge in [0.1, 0.15) is 0 Å². The van der Waals surface area contributed by atoms with Gasteiger partial charge < -0.3 is 0 Å². The number of nitrogens with two attached hydrogens (primary N) is 1. The molecular weight excluding hydrogens is 419 g/mol. The molecule has 10 heteroatoms. The van der Waals surface area contributed by atoms with Crippen molar-refractivity contribution in [2.45, 2.75) is 32.4 Å². The van der Waals surface area contributed by atoms with Crippen molar-refractivity contribution in [1.29, 1.82) is 0 Å². The van der Waals surface area contributed by atoms with Crippen LogP contribution in [0.25, 0.3) is 16.6 Å². The summed E-state index contributed by atoms with van der Waals surface area (Å²) in [7, 11) is -3.61. The Bertz CT molecular complexity index is 1250. The molecule has 0 aliphatic rings. The molecule has 2 aromatic carbocycles. The van der Waals surface area contributed by atoms with E-state index in [0.717, 1.165) is 12.1 Å². The molecule has 0 aliphatic carbocycles. The molecule has 0 saturated heterocycles. The fourth-order valence-electron chi connectivity index (χ4n) is 3.30. The highest BCUT2D eigenvalue weighted by Crippen LogP contribution is 2.32. The Hall–Kier alpha value is -2.72. The van der Waals surface area contributed by atoms with Crippen molar-refractivity contribution in [3.05, 3.63) is 69.8 Å². The summed E-state index contributed by atoms with van der Waals surface area (Å²) in [6, 6.07) is 10.0. The zero-order valence-corrected chi connectivity index (χ0v) is 16.9. The molecule has 3 rings (SSSR count). The van der Waals surface area contributed by atoms with Crippen LogP contribution in [-0.4, -0.2) is 23.7 Å². The number of hydrogen-bond donors (Lipinski definition) is 1. The molecule has 1 aromatic heterocycles. The van der Waals surface area contributed by atoms with E-state index in [0.29, 0.717) is 28.8 Å². The molecule has 1 heterocycles. The number of nitrogens with zero attached hydrogens (tertiary/aromatic N) is 2. The Morgan fingerprint density at radius 1 is 1.10 bits per heavy atom. The van der Waals surface area contributed by atoms with Gasteiger partial charge in [-0.3, -0.25) is 4.57 Å². The molecule has 160 valence electrons. The highest BCUT2D eigenvalue weighted by Gasteiger charge is 2.31. The van der Waals surface area contributed by atoms with Crippen molar-refractivity contribution < 1.29 is 21.6 Å². The number of para-hydroxylation sites is 1. The van der Waals surface area contributed by atoms with Crippen LogP contribution in [0, 0.1) is 6.92 Å². The molecule has 0 atom stereocenters. The van der Waals surface area contributed by atoms with Crippen LogP contribution >= 0.6 is 0 Å². The molecule has 0 fully saturated rings. The third-order valence-electron chi connectivity index (χ3n) is 4.75. The van der Waals surface area contributed by atoms with Gasteiger partial charge in [0.2, 0.25) is 10.0 Å². The number of alkyl halides is 3. The second-order valence-corrected chi connectivity index (χ2v) is 8.75. The standard InChI is InChI=1S/C20H20F3N3O3S/c1-13-6-2-3-8-17(13)26-18-12-14(20(21,22)23)9-10-15(18)16(25-19(26)27)7-4-5-11-30(24,28)29/h2-3,6,8-10,12H,4-5,7,11H2,1H3,(H2,24,28,29). The van der Waals surface area contributed by atoms with Crippen molar-refractivity contribution in [1.82, 2.24) is 9.55 Å². The monoisotopic (exact) mass is 439 g/mol. The number of aromatic nitrogens is 2. The van der Waals surface area contributed by atoms with E-state index in [2.05, 4.69) is 4.98 Å². The molecule has 0 saturated carbocycles. The third-order valence-corrected chi connectivity index (χ3v) is 5.61. The Morgan fingerprint density at radius 3 is 2.43 bits per heavy atom. The van der Waals surface area contributed by atoms with Gasteiger partial charge in [-0.2, -0.15) is 18.2 Å². The van der Waals surface area contributed by atoms with Crippen molar-refractivity contribution in [3.8, 4) is 5.69 Å². The van der Waals surface area contributed by atoms with Crippen LogP contribution < -0.4 is 10.8 Å². The molecule has 0 radical (unpaired) electrons. The smallest absolute Gasteiger partial charge is 0.260 e. The first-order chi connectivity index (χ1) is 14.0. The second kappa shape index (κ2) is 8.19. The normalized spacial score (nSPS) is 12.4.